The van der Waals surface area contributed by atoms with E-state index in [-0.39, 0.29) is 17.5 Å². The van der Waals surface area contributed by atoms with E-state index in [1.54, 1.807) is 0 Å². The quantitative estimate of drug-likeness (QED) is 0.362. The zero-order valence-electron chi connectivity index (χ0n) is 17.9. The van der Waals surface area contributed by atoms with Crippen LogP contribution in [0, 0.1) is 6.92 Å². The molecular formula is C20H31N7O2S. The number of aromatic nitrogens is 3. The predicted molar refractivity (Wildman–Crippen MR) is 119 cm³/mol. The Bertz CT molecular complexity index is 957. The first kappa shape index (κ1) is 22.1. The van der Waals surface area contributed by atoms with Crippen molar-refractivity contribution in [3.63, 3.8) is 0 Å². The summed E-state index contributed by atoms with van der Waals surface area (Å²) in [5.41, 5.74) is 1.18. The average Bonchev–Trinajstić information content (AvgIpc) is 3.24. The van der Waals surface area contributed by atoms with Gasteiger partial charge in [0, 0.05) is 38.9 Å². The molecule has 1 atom stereocenters. The third-order valence-corrected chi connectivity index (χ3v) is 7.06. The average molecular weight is 434 g/mol. The molecule has 1 aromatic heterocycles. The van der Waals surface area contributed by atoms with E-state index in [4.69, 9.17) is 0 Å². The number of hydrogen-bond donors (Lipinski definition) is 2. The third-order valence-electron chi connectivity index (χ3n) is 5.29. The van der Waals surface area contributed by atoms with Crippen molar-refractivity contribution in [1.29, 1.82) is 0 Å². The lowest BCUT2D eigenvalue weighted by Crippen LogP contribution is -2.44. The molecular weight excluding hydrogens is 402 g/mol. The Kier molecular flexibility index (Phi) is 7.30. The van der Waals surface area contributed by atoms with Crippen LogP contribution in [0.5, 0.6) is 0 Å². The minimum Gasteiger partial charge on any atom is -0.375 e. The van der Waals surface area contributed by atoms with Crippen LogP contribution in [0.25, 0.3) is 0 Å². The van der Waals surface area contributed by atoms with Gasteiger partial charge in [-0.25, -0.2) is 13.4 Å². The number of para-hydroxylation sites is 1. The fourth-order valence-corrected chi connectivity index (χ4v) is 5.00. The molecule has 1 aliphatic rings. The van der Waals surface area contributed by atoms with Crippen LogP contribution < -0.4 is 15.5 Å². The maximum atomic E-state index is 11.8. The number of benzene rings is 1. The summed E-state index contributed by atoms with van der Waals surface area (Å²) in [4.78, 5) is 6.82. The molecule has 1 unspecified atom stereocenters. The number of hydrogen-bond acceptors (Lipinski definition) is 6. The third kappa shape index (κ3) is 6.19. The summed E-state index contributed by atoms with van der Waals surface area (Å²) in [7, 11) is 1.02. The summed E-state index contributed by atoms with van der Waals surface area (Å²) in [6, 6.07) is 10.1. The number of nitrogens with zero attached hydrogens (tertiary/aromatic N) is 5. The number of nitrogens with one attached hydrogen (secondary N) is 2. The van der Waals surface area contributed by atoms with E-state index in [2.05, 4.69) is 49.9 Å². The van der Waals surface area contributed by atoms with Crippen molar-refractivity contribution in [3.05, 3.63) is 42.0 Å². The van der Waals surface area contributed by atoms with Crippen molar-refractivity contribution < 1.29 is 8.42 Å². The van der Waals surface area contributed by atoms with Crippen LogP contribution in [0.15, 0.2) is 35.3 Å². The summed E-state index contributed by atoms with van der Waals surface area (Å²) in [6.45, 7) is 3.88. The molecule has 2 N–H and O–H groups in total. The lowest BCUT2D eigenvalue weighted by molar-refractivity contribution is 0.599. The van der Waals surface area contributed by atoms with Crippen LogP contribution in [0.4, 0.5) is 5.69 Å². The van der Waals surface area contributed by atoms with Gasteiger partial charge in [0.1, 0.15) is 12.4 Å². The molecule has 2 aromatic rings. The monoisotopic (exact) mass is 433 g/mol. The molecule has 1 aliphatic heterocycles. The van der Waals surface area contributed by atoms with Crippen molar-refractivity contribution in [1.82, 2.24) is 25.4 Å². The number of anilines is 1. The Labute approximate surface area is 178 Å². The second-order valence-electron chi connectivity index (χ2n) is 7.67. The van der Waals surface area contributed by atoms with E-state index in [1.165, 1.54) is 5.69 Å². The molecule has 1 aromatic carbocycles. The molecule has 1 fully saturated rings. The normalized spacial score (nSPS) is 18.4. The van der Waals surface area contributed by atoms with Gasteiger partial charge in [0.2, 0.25) is 0 Å². The Balaban J connectivity index is 1.56. The summed E-state index contributed by atoms with van der Waals surface area (Å²) in [6.07, 6.45) is 1.51. The SMILES string of the molecule is Cc1nnc(CN=C(NCCCN(C)c2ccccc2)NC2CCS(=O)(=O)C2)n1C. The first-order valence-corrected chi connectivity index (χ1v) is 12.0. The topological polar surface area (TPSA) is 105 Å². The molecule has 30 heavy (non-hydrogen) atoms. The lowest BCUT2D eigenvalue weighted by Gasteiger charge is -2.20. The Morgan fingerprint density at radius 1 is 1.30 bits per heavy atom. The highest BCUT2D eigenvalue weighted by molar-refractivity contribution is 7.91. The van der Waals surface area contributed by atoms with Crippen molar-refractivity contribution in [3.8, 4) is 0 Å². The molecule has 0 spiro atoms. The van der Waals surface area contributed by atoms with Gasteiger partial charge in [0.25, 0.3) is 0 Å². The first-order valence-electron chi connectivity index (χ1n) is 10.2. The minimum atomic E-state index is -2.96. The van der Waals surface area contributed by atoms with Crippen molar-refractivity contribution in [2.75, 3.05) is 36.5 Å². The number of sulfone groups is 1. The molecule has 0 amide bonds. The van der Waals surface area contributed by atoms with Gasteiger partial charge in [-0.1, -0.05) is 18.2 Å². The molecule has 9 nitrogen and oxygen atoms in total. The van der Waals surface area contributed by atoms with Crippen molar-refractivity contribution in [2.45, 2.75) is 32.4 Å². The van der Waals surface area contributed by atoms with Crippen LogP contribution in [0.3, 0.4) is 0 Å². The maximum absolute atomic E-state index is 11.8. The van der Waals surface area contributed by atoms with Gasteiger partial charge >= 0.3 is 0 Å². The fraction of sp³-hybridized carbons (Fsp3) is 0.550. The van der Waals surface area contributed by atoms with Crippen molar-refractivity contribution >= 4 is 21.5 Å². The summed E-state index contributed by atoms with van der Waals surface area (Å²) >= 11 is 0. The summed E-state index contributed by atoms with van der Waals surface area (Å²) in [5, 5.41) is 14.8. The molecule has 2 heterocycles. The molecule has 0 bridgehead atoms. The number of aliphatic imine (C=N–C) groups is 1. The van der Waals surface area contributed by atoms with E-state index in [1.807, 2.05) is 36.7 Å². The van der Waals surface area contributed by atoms with Crippen LogP contribution >= 0.6 is 0 Å². The van der Waals surface area contributed by atoms with Gasteiger partial charge in [0.05, 0.1) is 11.5 Å². The summed E-state index contributed by atoms with van der Waals surface area (Å²) in [5.74, 6) is 2.57. The van der Waals surface area contributed by atoms with Crippen molar-refractivity contribution in [2.24, 2.45) is 12.0 Å². The fourth-order valence-electron chi connectivity index (χ4n) is 3.33. The Hall–Kier alpha value is -2.62. The predicted octanol–water partition coefficient (Wildman–Crippen LogP) is 0.872. The van der Waals surface area contributed by atoms with E-state index < -0.39 is 9.84 Å². The zero-order valence-corrected chi connectivity index (χ0v) is 18.7. The van der Waals surface area contributed by atoms with Gasteiger partial charge in [-0.15, -0.1) is 10.2 Å². The minimum absolute atomic E-state index is 0.116. The van der Waals surface area contributed by atoms with Gasteiger partial charge in [-0.3, -0.25) is 0 Å². The smallest absolute Gasteiger partial charge is 0.191 e. The maximum Gasteiger partial charge on any atom is 0.191 e. The van der Waals surface area contributed by atoms with E-state index >= 15 is 0 Å². The number of guanidine groups is 1. The zero-order chi connectivity index (χ0) is 21.6. The van der Waals surface area contributed by atoms with Gasteiger partial charge in [0.15, 0.2) is 21.6 Å². The highest BCUT2D eigenvalue weighted by atomic mass is 32.2. The largest absolute Gasteiger partial charge is 0.375 e. The first-order chi connectivity index (χ1) is 14.3. The van der Waals surface area contributed by atoms with Crippen LogP contribution in [-0.2, 0) is 23.4 Å². The number of aryl methyl sites for hydroxylation is 1. The summed E-state index contributed by atoms with van der Waals surface area (Å²) < 4.78 is 25.5. The van der Waals surface area contributed by atoms with Crippen LogP contribution in [-0.4, -0.2) is 66.8 Å². The number of rotatable bonds is 8. The molecule has 1 saturated heterocycles. The van der Waals surface area contributed by atoms with Crippen LogP contribution in [0.2, 0.25) is 0 Å². The molecule has 3 rings (SSSR count). The van der Waals surface area contributed by atoms with E-state index in [0.29, 0.717) is 18.9 Å². The molecule has 10 heteroatoms. The van der Waals surface area contributed by atoms with E-state index in [9.17, 15) is 8.42 Å². The van der Waals surface area contributed by atoms with Crippen LogP contribution in [0.1, 0.15) is 24.5 Å². The lowest BCUT2D eigenvalue weighted by atomic mass is 10.2. The second-order valence-corrected chi connectivity index (χ2v) is 9.90. The Morgan fingerprint density at radius 2 is 2.07 bits per heavy atom. The van der Waals surface area contributed by atoms with Gasteiger partial charge < -0.3 is 20.1 Å². The van der Waals surface area contributed by atoms with Gasteiger partial charge in [-0.05, 0) is 31.9 Å². The molecule has 0 aliphatic carbocycles. The van der Waals surface area contributed by atoms with E-state index in [0.717, 1.165) is 31.2 Å². The molecule has 0 saturated carbocycles. The molecule has 0 radical (unpaired) electrons. The highest BCUT2D eigenvalue weighted by Crippen LogP contribution is 2.12. The Morgan fingerprint density at radius 3 is 2.70 bits per heavy atom. The highest BCUT2D eigenvalue weighted by Gasteiger charge is 2.28. The standard InChI is InChI=1S/C20H31N7O2S/c1-16-24-25-19(27(16)3)14-22-20(23-17-10-13-30(28,29)15-17)21-11-7-12-26(2)18-8-5-4-6-9-18/h4-6,8-9,17H,7,10-15H2,1-3H3,(H2,21,22,23). The second kappa shape index (κ2) is 9.92. The van der Waals surface area contributed by atoms with Gasteiger partial charge in [-0.2, -0.15) is 0 Å². The molecule has 164 valence electrons.